The van der Waals surface area contributed by atoms with Crippen LogP contribution in [0.1, 0.15) is 28.9 Å². The number of nitrogens with one attached hydrogen (secondary N) is 1. The number of ether oxygens (including phenoxy) is 1. The van der Waals surface area contributed by atoms with Crippen LogP contribution in [0.3, 0.4) is 0 Å². The average molecular weight is 707 g/mol. The molecule has 0 aliphatic rings. The molecule has 1 unspecified atom stereocenters. The molecule has 3 heterocycles. The second-order valence-corrected chi connectivity index (χ2v) is 11.2. The van der Waals surface area contributed by atoms with Crippen molar-refractivity contribution in [3.8, 4) is 34.1 Å². The number of aryl methyl sites for hydroxylation is 1. The van der Waals surface area contributed by atoms with Crippen LogP contribution in [0.2, 0.25) is 0 Å². The number of amides is 1. The standard InChI is InChI=1S/C31H30N8O12/c1-38-9-15(26(44)14-5-19(40)20(41)6-18(14)38)16-12-50-22-7-21(42)28(46)25(24(22)27(16)45)30(49)51-11-13-8-39(37-36-13)10-23(43)35-17(29(47)48)3-2-4-34-31(32)33/h5-9,12,17,40-42,46H,2-4,10-11H2,1H3,(H,35,43)(H,47,48)(H4,32,33,34). The van der Waals surface area contributed by atoms with Gasteiger partial charge in [0.2, 0.25) is 11.3 Å². The first-order valence-electron chi connectivity index (χ1n) is 14.9. The lowest BCUT2D eigenvalue weighted by atomic mass is 10.0. The molecule has 10 N–H and O–H groups in total. The lowest BCUT2D eigenvalue weighted by Crippen LogP contribution is -2.42. The summed E-state index contributed by atoms with van der Waals surface area (Å²) < 4.78 is 13.2. The van der Waals surface area contributed by atoms with Crippen LogP contribution < -0.4 is 27.6 Å². The topological polar surface area (TPSA) is 321 Å². The van der Waals surface area contributed by atoms with E-state index in [4.69, 9.17) is 20.6 Å². The van der Waals surface area contributed by atoms with Crippen LogP contribution in [0.4, 0.5) is 0 Å². The van der Waals surface area contributed by atoms with Crippen LogP contribution in [0.5, 0.6) is 23.0 Å². The number of aliphatic imine (C=N–C) groups is 1. The van der Waals surface area contributed by atoms with Gasteiger partial charge in [0, 0.05) is 31.9 Å². The fraction of sp³-hybridized carbons (Fsp3) is 0.226. The lowest BCUT2D eigenvalue weighted by molar-refractivity contribution is -0.142. The van der Waals surface area contributed by atoms with Crippen molar-refractivity contribution >= 4 is 45.7 Å². The van der Waals surface area contributed by atoms with Crippen molar-refractivity contribution in [1.29, 1.82) is 0 Å². The van der Waals surface area contributed by atoms with E-state index < -0.39 is 81.8 Å². The number of nitrogens with zero attached hydrogens (tertiary/aromatic N) is 5. The number of aromatic nitrogens is 4. The third-order valence-electron chi connectivity index (χ3n) is 7.62. The van der Waals surface area contributed by atoms with E-state index in [0.717, 1.165) is 29.1 Å². The van der Waals surface area contributed by atoms with E-state index in [1.54, 1.807) is 0 Å². The number of hydrogen-bond donors (Lipinski definition) is 8. The number of carbonyl (C=O) groups excluding carboxylic acids is 2. The number of fused-ring (bicyclic) bond motifs is 2. The van der Waals surface area contributed by atoms with E-state index in [1.807, 2.05) is 0 Å². The van der Waals surface area contributed by atoms with Crippen LogP contribution in [0.15, 0.2) is 55.9 Å². The maximum Gasteiger partial charge on any atom is 0.343 e. The summed E-state index contributed by atoms with van der Waals surface area (Å²) in [6.07, 6.45) is 3.75. The number of phenols is 4. The number of guanidine groups is 1. The molecule has 266 valence electrons. The minimum Gasteiger partial charge on any atom is -0.504 e. The van der Waals surface area contributed by atoms with Gasteiger partial charge in [-0.15, -0.1) is 5.10 Å². The fourth-order valence-electron chi connectivity index (χ4n) is 5.19. The van der Waals surface area contributed by atoms with E-state index >= 15 is 0 Å². The molecule has 20 heteroatoms. The van der Waals surface area contributed by atoms with Crippen molar-refractivity contribution in [3.63, 3.8) is 0 Å². The quantitative estimate of drug-likeness (QED) is 0.0271. The molecule has 1 amide bonds. The molecule has 20 nitrogen and oxygen atoms in total. The second kappa shape index (κ2) is 14.2. The van der Waals surface area contributed by atoms with E-state index in [1.165, 1.54) is 24.0 Å². The van der Waals surface area contributed by atoms with Crippen LogP contribution in [-0.2, 0) is 34.5 Å². The van der Waals surface area contributed by atoms with Crippen molar-refractivity contribution in [1.82, 2.24) is 24.9 Å². The van der Waals surface area contributed by atoms with Crippen LogP contribution in [-0.4, -0.2) is 81.5 Å². The molecule has 0 saturated carbocycles. The number of benzene rings is 2. The predicted octanol–water partition coefficient (Wildman–Crippen LogP) is -0.294. The normalized spacial score (nSPS) is 11.7. The molecule has 0 aliphatic carbocycles. The summed E-state index contributed by atoms with van der Waals surface area (Å²) in [6, 6.07) is 1.85. The highest BCUT2D eigenvalue weighted by atomic mass is 16.5. The SMILES string of the molecule is Cn1cc(-c2coc3cc(O)c(O)c(C(=O)OCc4cn(CC(=O)NC(CCCN=C(N)N)C(=O)O)nn4)c3c2=O)c(=O)c2cc(O)c(O)cc21. The van der Waals surface area contributed by atoms with Gasteiger partial charge in [-0.05, 0) is 18.9 Å². The molecule has 0 saturated heterocycles. The molecule has 0 aliphatic heterocycles. The van der Waals surface area contributed by atoms with Crippen molar-refractivity contribution in [2.45, 2.75) is 32.0 Å². The summed E-state index contributed by atoms with van der Waals surface area (Å²) in [5.41, 5.74) is 7.37. The Kier molecular flexibility index (Phi) is 9.77. The molecule has 0 bridgehead atoms. The van der Waals surface area contributed by atoms with Gasteiger partial charge in [-0.2, -0.15) is 0 Å². The summed E-state index contributed by atoms with van der Waals surface area (Å²) in [4.78, 5) is 68.3. The van der Waals surface area contributed by atoms with Gasteiger partial charge in [-0.1, -0.05) is 5.21 Å². The number of carboxylic acids is 1. The van der Waals surface area contributed by atoms with Crippen molar-refractivity contribution in [2.75, 3.05) is 6.54 Å². The molecule has 3 aromatic heterocycles. The number of carboxylic acid groups (broad SMARTS) is 1. The first-order valence-corrected chi connectivity index (χ1v) is 14.9. The first-order chi connectivity index (χ1) is 24.2. The van der Waals surface area contributed by atoms with E-state index in [2.05, 4.69) is 20.6 Å². The van der Waals surface area contributed by atoms with Crippen LogP contribution in [0.25, 0.3) is 33.0 Å². The van der Waals surface area contributed by atoms with Crippen LogP contribution >= 0.6 is 0 Å². The molecule has 0 radical (unpaired) electrons. The van der Waals surface area contributed by atoms with Gasteiger partial charge in [0.15, 0.2) is 34.4 Å². The maximum absolute atomic E-state index is 13.8. The molecule has 0 fully saturated rings. The molecular weight excluding hydrogens is 676 g/mol. The number of phenolic OH excluding ortho intramolecular Hbond substituents is 4. The smallest absolute Gasteiger partial charge is 0.343 e. The zero-order valence-corrected chi connectivity index (χ0v) is 26.6. The summed E-state index contributed by atoms with van der Waals surface area (Å²) >= 11 is 0. The number of aliphatic carboxylic acids is 1. The summed E-state index contributed by atoms with van der Waals surface area (Å²) in [5, 5.41) is 59.5. The monoisotopic (exact) mass is 706 g/mol. The highest BCUT2D eigenvalue weighted by molar-refractivity contribution is 6.07. The summed E-state index contributed by atoms with van der Waals surface area (Å²) in [5.74, 6) is -6.33. The number of pyridine rings is 1. The average Bonchev–Trinajstić information content (AvgIpc) is 3.51. The minimum absolute atomic E-state index is 0.00814. The van der Waals surface area contributed by atoms with E-state index in [9.17, 15) is 49.5 Å². The van der Waals surface area contributed by atoms with Gasteiger partial charge >= 0.3 is 11.9 Å². The molecular formula is C31H30N8O12. The zero-order chi connectivity index (χ0) is 37.1. The number of esters is 1. The van der Waals surface area contributed by atoms with E-state index in [0.29, 0.717) is 0 Å². The second-order valence-electron chi connectivity index (χ2n) is 11.2. The highest BCUT2D eigenvalue weighted by Gasteiger charge is 2.27. The van der Waals surface area contributed by atoms with E-state index in [-0.39, 0.29) is 58.7 Å². The van der Waals surface area contributed by atoms with Crippen molar-refractivity contribution < 1.29 is 49.1 Å². The first kappa shape index (κ1) is 35.2. The Morgan fingerprint density at radius 2 is 1.75 bits per heavy atom. The van der Waals surface area contributed by atoms with Gasteiger partial charge in [0.25, 0.3) is 0 Å². The third-order valence-corrected chi connectivity index (χ3v) is 7.62. The molecule has 51 heavy (non-hydrogen) atoms. The Bertz CT molecular complexity index is 2360. The van der Waals surface area contributed by atoms with Crippen LogP contribution in [0, 0.1) is 0 Å². The Morgan fingerprint density at radius 3 is 2.45 bits per heavy atom. The summed E-state index contributed by atoms with van der Waals surface area (Å²) in [7, 11) is 1.52. The number of hydrogen-bond acceptors (Lipinski definition) is 14. The number of carbonyl (C=O) groups is 3. The molecule has 5 rings (SSSR count). The largest absolute Gasteiger partial charge is 0.504 e. The maximum atomic E-state index is 13.8. The van der Waals surface area contributed by atoms with Gasteiger partial charge < -0.3 is 56.0 Å². The molecule has 1 atom stereocenters. The van der Waals surface area contributed by atoms with Gasteiger partial charge in [0.1, 0.15) is 42.3 Å². The third kappa shape index (κ3) is 7.33. The minimum atomic E-state index is -1.30. The predicted molar refractivity (Wildman–Crippen MR) is 176 cm³/mol. The number of rotatable bonds is 12. The number of aromatic hydroxyl groups is 4. The van der Waals surface area contributed by atoms with Gasteiger partial charge in [-0.3, -0.25) is 19.4 Å². The van der Waals surface area contributed by atoms with Crippen molar-refractivity contribution in [3.05, 3.63) is 68.6 Å². The van der Waals surface area contributed by atoms with Gasteiger partial charge in [-0.25, -0.2) is 14.3 Å². The fourth-order valence-corrected chi connectivity index (χ4v) is 5.19. The Balaban J connectivity index is 1.37. The summed E-state index contributed by atoms with van der Waals surface area (Å²) in [6.45, 7) is -0.875. The molecule has 0 spiro atoms. The molecule has 5 aromatic rings. The Labute approximate surface area is 284 Å². The molecule has 2 aromatic carbocycles. The highest BCUT2D eigenvalue weighted by Crippen LogP contribution is 2.36. The van der Waals surface area contributed by atoms with Crippen molar-refractivity contribution in [2.24, 2.45) is 23.5 Å². The zero-order valence-electron chi connectivity index (χ0n) is 26.6. The lowest BCUT2D eigenvalue weighted by Gasteiger charge is -2.13. The Hall–Kier alpha value is -7.12. The Morgan fingerprint density at radius 1 is 1.02 bits per heavy atom. The number of nitrogens with two attached hydrogens (primary N) is 2. The van der Waals surface area contributed by atoms with Gasteiger partial charge in [0.05, 0.1) is 33.6 Å².